The Morgan fingerprint density at radius 3 is 0.768 bits per heavy atom. The summed E-state index contributed by atoms with van der Waals surface area (Å²) in [6.07, 6.45) is 94.3. The minimum Gasteiger partial charge on any atom is -0.462 e. The molecule has 0 aliphatic rings. The van der Waals surface area contributed by atoms with Crippen LogP contribution < -0.4 is 0 Å². The van der Waals surface area contributed by atoms with Crippen LogP contribution in [-0.4, -0.2) is 37.2 Å². The lowest BCUT2D eigenvalue weighted by Gasteiger charge is -2.18. The molecule has 0 heterocycles. The second-order valence-corrected chi connectivity index (χ2v) is 23.4. The second kappa shape index (κ2) is 69.8. The average molecular weight is 1140 g/mol. The normalized spacial score (nSPS) is 12.7. The standard InChI is InChI=1S/C76H132O6/c1-4-7-10-13-16-19-22-25-28-30-32-34-35-36-37-38-39-40-41-42-44-45-48-51-54-57-60-63-66-69-75(78)81-72-73(71-80-74(77)68-65-62-59-56-53-50-47-27-24-21-18-15-12-9-6-3)82-76(79)70-67-64-61-58-55-52-49-46-43-33-31-29-26-23-20-17-14-11-8-5-2/h7,10,16,18-19,21,25,27-28,32,34,36-37,39-40,47,73H,4-6,8-9,11-15,17,20,22-24,26,29-31,33,35,38,41-46,48-72H2,1-3H3/b10-7-,19-16-,21-18-,28-25-,34-32-,37-36-,40-39-,47-27-. The predicted octanol–water partition coefficient (Wildman–Crippen LogP) is 24.4. The van der Waals surface area contributed by atoms with E-state index in [-0.39, 0.29) is 31.1 Å². The van der Waals surface area contributed by atoms with Gasteiger partial charge < -0.3 is 14.2 Å². The predicted molar refractivity (Wildman–Crippen MR) is 357 cm³/mol. The number of hydrogen-bond acceptors (Lipinski definition) is 6. The number of hydrogen-bond donors (Lipinski definition) is 0. The molecular weight excluding hydrogens is 1010 g/mol. The van der Waals surface area contributed by atoms with Crippen molar-refractivity contribution in [1.82, 2.24) is 0 Å². The van der Waals surface area contributed by atoms with Crippen molar-refractivity contribution < 1.29 is 28.6 Å². The summed E-state index contributed by atoms with van der Waals surface area (Å²) >= 11 is 0. The third-order valence-electron chi connectivity index (χ3n) is 15.3. The Bertz CT molecular complexity index is 1590. The van der Waals surface area contributed by atoms with Crippen molar-refractivity contribution in [3.63, 3.8) is 0 Å². The first kappa shape index (κ1) is 78.3. The van der Waals surface area contributed by atoms with Gasteiger partial charge in [-0.2, -0.15) is 0 Å². The van der Waals surface area contributed by atoms with Gasteiger partial charge in [0.1, 0.15) is 13.2 Å². The molecule has 0 aromatic heterocycles. The van der Waals surface area contributed by atoms with Gasteiger partial charge >= 0.3 is 17.9 Å². The first-order chi connectivity index (χ1) is 40.5. The molecule has 6 heteroatoms. The fourth-order valence-corrected chi connectivity index (χ4v) is 10.1. The molecular formula is C76H132O6. The van der Waals surface area contributed by atoms with Gasteiger partial charge in [-0.3, -0.25) is 14.4 Å². The summed E-state index contributed by atoms with van der Waals surface area (Å²) in [5.74, 6) is -0.881. The van der Waals surface area contributed by atoms with Crippen LogP contribution >= 0.6 is 0 Å². The lowest BCUT2D eigenvalue weighted by molar-refractivity contribution is -0.167. The van der Waals surface area contributed by atoms with Crippen molar-refractivity contribution in [2.75, 3.05) is 13.2 Å². The number of allylic oxidation sites excluding steroid dienone is 16. The zero-order chi connectivity index (χ0) is 59.2. The Morgan fingerprint density at radius 2 is 0.476 bits per heavy atom. The molecule has 0 spiro atoms. The summed E-state index contributed by atoms with van der Waals surface area (Å²) in [5, 5.41) is 0. The van der Waals surface area contributed by atoms with E-state index in [4.69, 9.17) is 14.2 Å². The van der Waals surface area contributed by atoms with Gasteiger partial charge in [-0.05, 0) is 103 Å². The van der Waals surface area contributed by atoms with Crippen molar-refractivity contribution in [1.29, 1.82) is 0 Å². The SMILES string of the molecule is CC/C=C\C/C=C\C/C=C\C/C=C\C/C=C\C/C=C\CCCCCCCCCCCCC(=O)OCC(COC(=O)CCCCCCC/C=C\C/C=C\CCCCC)OC(=O)CCCCCCCCCCCCCCCCCCCCCC. The zero-order valence-electron chi connectivity index (χ0n) is 54.2. The first-order valence-corrected chi connectivity index (χ1v) is 35.2. The highest BCUT2D eigenvalue weighted by atomic mass is 16.6. The van der Waals surface area contributed by atoms with Gasteiger partial charge in [0.05, 0.1) is 0 Å². The smallest absolute Gasteiger partial charge is 0.306 e. The molecule has 0 aliphatic heterocycles. The van der Waals surface area contributed by atoms with E-state index in [0.29, 0.717) is 19.3 Å². The van der Waals surface area contributed by atoms with Crippen LogP contribution in [0.1, 0.15) is 348 Å². The van der Waals surface area contributed by atoms with E-state index in [1.807, 2.05) is 0 Å². The van der Waals surface area contributed by atoms with Crippen LogP contribution in [0, 0.1) is 0 Å². The van der Waals surface area contributed by atoms with Gasteiger partial charge in [-0.15, -0.1) is 0 Å². The van der Waals surface area contributed by atoms with Gasteiger partial charge in [0.15, 0.2) is 6.10 Å². The van der Waals surface area contributed by atoms with Crippen LogP contribution in [0.4, 0.5) is 0 Å². The van der Waals surface area contributed by atoms with Crippen molar-refractivity contribution in [2.24, 2.45) is 0 Å². The maximum absolute atomic E-state index is 13.0. The fraction of sp³-hybridized carbons (Fsp3) is 0.750. The molecule has 1 unspecified atom stereocenters. The van der Waals surface area contributed by atoms with Gasteiger partial charge in [-0.25, -0.2) is 0 Å². The number of unbranched alkanes of at least 4 members (excludes halogenated alkanes) is 37. The minimum atomic E-state index is -0.785. The van der Waals surface area contributed by atoms with E-state index < -0.39 is 6.10 Å². The summed E-state index contributed by atoms with van der Waals surface area (Å²) in [6, 6.07) is 0. The molecule has 0 amide bonds. The summed E-state index contributed by atoms with van der Waals surface area (Å²) in [5.41, 5.74) is 0. The Morgan fingerprint density at radius 1 is 0.256 bits per heavy atom. The highest BCUT2D eigenvalue weighted by Gasteiger charge is 2.19. The summed E-state index contributed by atoms with van der Waals surface area (Å²) in [4.78, 5) is 38.4. The number of esters is 3. The van der Waals surface area contributed by atoms with Crippen LogP contribution in [0.3, 0.4) is 0 Å². The number of carbonyl (C=O) groups is 3. The summed E-state index contributed by atoms with van der Waals surface area (Å²) < 4.78 is 17.0. The first-order valence-electron chi connectivity index (χ1n) is 35.2. The molecule has 0 radical (unpaired) electrons. The average Bonchev–Trinajstić information content (AvgIpc) is 3.47. The number of carbonyl (C=O) groups excluding carboxylic acids is 3. The van der Waals surface area contributed by atoms with E-state index in [1.165, 1.54) is 193 Å². The Balaban J connectivity index is 4.31. The fourth-order valence-electron chi connectivity index (χ4n) is 10.1. The van der Waals surface area contributed by atoms with Crippen LogP contribution in [0.2, 0.25) is 0 Å². The van der Waals surface area contributed by atoms with Crippen LogP contribution in [0.25, 0.3) is 0 Å². The van der Waals surface area contributed by atoms with Gasteiger partial charge in [0.2, 0.25) is 0 Å². The third kappa shape index (κ3) is 67.1. The van der Waals surface area contributed by atoms with Gasteiger partial charge in [0.25, 0.3) is 0 Å². The maximum Gasteiger partial charge on any atom is 0.306 e. The molecule has 82 heavy (non-hydrogen) atoms. The van der Waals surface area contributed by atoms with Crippen molar-refractivity contribution in [3.8, 4) is 0 Å². The van der Waals surface area contributed by atoms with Crippen molar-refractivity contribution in [3.05, 3.63) is 97.2 Å². The molecule has 0 fully saturated rings. The number of rotatable bonds is 64. The lowest BCUT2D eigenvalue weighted by atomic mass is 10.0. The zero-order valence-corrected chi connectivity index (χ0v) is 54.2. The van der Waals surface area contributed by atoms with Crippen LogP contribution in [-0.2, 0) is 28.6 Å². The Kier molecular flexibility index (Phi) is 66.7. The van der Waals surface area contributed by atoms with Crippen LogP contribution in [0.15, 0.2) is 97.2 Å². The van der Waals surface area contributed by atoms with Crippen LogP contribution in [0.5, 0.6) is 0 Å². The molecule has 0 N–H and O–H groups in total. The second-order valence-electron chi connectivity index (χ2n) is 23.4. The monoisotopic (exact) mass is 1140 g/mol. The molecule has 0 aliphatic carbocycles. The van der Waals surface area contributed by atoms with Crippen molar-refractivity contribution >= 4 is 17.9 Å². The molecule has 0 bridgehead atoms. The number of ether oxygens (including phenoxy) is 3. The Hall–Kier alpha value is -3.67. The molecule has 1 atom stereocenters. The molecule has 0 saturated heterocycles. The van der Waals surface area contributed by atoms with Gasteiger partial charge in [-0.1, -0.05) is 323 Å². The van der Waals surface area contributed by atoms with Crippen molar-refractivity contribution in [2.45, 2.75) is 354 Å². The van der Waals surface area contributed by atoms with E-state index in [0.717, 1.165) is 116 Å². The topological polar surface area (TPSA) is 78.9 Å². The molecule has 0 aromatic rings. The third-order valence-corrected chi connectivity index (χ3v) is 15.3. The largest absolute Gasteiger partial charge is 0.462 e. The van der Waals surface area contributed by atoms with Gasteiger partial charge in [0, 0.05) is 19.3 Å². The quantitative estimate of drug-likeness (QED) is 0.0261. The molecule has 472 valence electrons. The highest BCUT2D eigenvalue weighted by Crippen LogP contribution is 2.17. The highest BCUT2D eigenvalue weighted by molar-refractivity contribution is 5.71. The molecule has 0 rings (SSSR count). The molecule has 6 nitrogen and oxygen atoms in total. The summed E-state index contributed by atoms with van der Waals surface area (Å²) in [7, 11) is 0. The van der Waals surface area contributed by atoms with E-state index in [9.17, 15) is 14.4 Å². The van der Waals surface area contributed by atoms with E-state index in [1.54, 1.807) is 0 Å². The minimum absolute atomic E-state index is 0.0812. The molecule has 0 aromatic carbocycles. The maximum atomic E-state index is 13.0. The Labute approximate surface area is 508 Å². The molecule has 0 saturated carbocycles. The summed E-state index contributed by atoms with van der Waals surface area (Å²) in [6.45, 7) is 6.53. The van der Waals surface area contributed by atoms with E-state index in [2.05, 4.69) is 118 Å². The lowest BCUT2D eigenvalue weighted by Crippen LogP contribution is -2.30. The van der Waals surface area contributed by atoms with E-state index >= 15 is 0 Å².